The Morgan fingerprint density at radius 1 is 1.35 bits per heavy atom. The Kier molecular flexibility index (Phi) is 6.59. The van der Waals surface area contributed by atoms with Crippen LogP contribution in [0.2, 0.25) is 0 Å². The Bertz CT molecular complexity index is 582. The summed E-state index contributed by atoms with van der Waals surface area (Å²) in [7, 11) is 0. The van der Waals surface area contributed by atoms with E-state index in [1.165, 1.54) is 24.5 Å². The second-order valence-electron chi connectivity index (χ2n) is 6.26. The van der Waals surface area contributed by atoms with E-state index in [1.54, 1.807) is 11.3 Å². The van der Waals surface area contributed by atoms with E-state index in [9.17, 15) is 4.79 Å². The van der Waals surface area contributed by atoms with Gasteiger partial charge in [0.1, 0.15) is 0 Å². The number of carbonyl (C=O) groups is 1. The summed E-state index contributed by atoms with van der Waals surface area (Å²) in [6, 6.07) is 2.41. The molecule has 1 amide bonds. The molecule has 6 heteroatoms. The molecular formula is C17H25N3OS2. The van der Waals surface area contributed by atoms with Crippen molar-refractivity contribution in [1.29, 1.82) is 0 Å². The van der Waals surface area contributed by atoms with Gasteiger partial charge in [-0.25, -0.2) is 0 Å². The van der Waals surface area contributed by atoms with Gasteiger partial charge in [0.2, 0.25) is 0 Å². The smallest absolute Gasteiger partial charge is 0.262 e. The maximum Gasteiger partial charge on any atom is 0.262 e. The van der Waals surface area contributed by atoms with Gasteiger partial charge in [-0.15, -0.1) is 11.3 Å². The lowest BCUT2D eigenvalue weighted by molar-refractivity contribution is -0.116. The monoisotopic (exact) mass is 351 g/mol. The molecule has 2 rings (SSSR count). The fraction of sp³-hybridized carbons (Fsp3) is 0.529. The normalized spacial score (nSPS) is 24.4. The van der Waals surface area contributed by atoms with E-state index in [4.69, 9.17) is 12.2 Å². The highest BCUT2D eigenvalue weighted by molar-refractivity contribution is 7.80. The quantitative estimate of drug-likeness (QED) is 0.444. The average molecular weight is 352 g/mol. The lowest BCUT2D eigenvalue weighted by atomic mass is 9.78. The van der Waals surface area contributed by atoms with E-state index in [2.05, 4.69) is 30.0 Å². The van der Waals surface area contributed by atoms with Crippen LogP contribution in [0.15, 0.2) is 17.5 Å². The molecule has 0 aliphatic heterocycles. The Hall–Kier alpha value is -1.40. The van der Waals surface area contributed by atoms with Crippen molar-refractivity contribution in [2.24, 2.45) is 11.8 Å². The van der Waals surface area contributed by atoms with Gasteiger partial charge in [-0.1, -0.05) is 26.7 Å². The molecule has 3 N–H and O–H groups in total. The summed E-state index contributed by atoms with van der Waals surface area (Å²) < 4.78 is 0. The van der Waals surface area contributed by atoms with Gasteiger partial charge in [0.25, 0.3) is 5.91 Å². The number of thiophene rings is 1. The fourth-order valence-electron chi connectivity index (χ4n) is 2.86. The van der Waals surface area contributed by atoms with Gasteiger partial charge in [-0.05, 0) is 60.5 Å². The van der Waals surface area contributed by atoms with E-state index in [0.29, 0.717) is 23.0 Å². The molecule has 0 saturated heterocycles. The number of hydrazine groups is 1. The van der Waals surface area contributed by atoms with Gasteiger partial charge < -0.3 is 5.32 Å². The van der Waals surface area contributed by atoms with E-state index in [-0.39, 0.29) is 5.91 Å². The second kappa shape index (κ2) is 8.45. The molecule has 1 heterocycles. The van der Waals surface area contributed by atoms with Crippen LogP contribution >= 0.6 is 23.6 Å². The minimum absolute atomic E-state index is 0.216. The number of carbonyl (C=O) groups excluding carboxylic acids is 1. The van der Waals surface area contributed by atoms with Crippen LogP contribution in [0.4, 0.5) is 0 Å². The largest absolute Gasteiger partial charge is 0.358 e. The number of thiocarbonyl (C=S) groups is 1. The number of aryl methyl sites for hydroxylation is 1. The number of hydrogen-bond donors (Lipinski definition) is 3. The molecule has 1 aliphatic carbocycles. The molecule has 126 valence electrons. The van der Waals surface area contributed by atoms with Crippen molar-refractivity contribution in [3.63, 3.8) is 0 Å². The molecule has 4 nitrogen and oxygen atoms in total. The van der Waals surface area contributed by atoms with Crippen LogP contribution in [0.25, 0.3) is 6.08 Å². The van der Waals surface area contributed by atoms with E-state index in [1.807, 2.05) is 24.4 Å². The molecule has 0 radical (unpaired) electrons. The van der Waals surface area contributed by atoms with Crippen LogP contribution in [0.5, 0.6) is 0 Å². The Morgan fingerprint density at radius 3 is 2.83 bits per heavy atom. The summed E-state index contributed by atoms with van der Waals surface area (Å²) in [5.41, 5.74) is 6.56. The van der Waals surface area contributed by atoms with Gasteiger partial charge in [0, 0.05) is 17.0 Å². The van der Waals surface area contributed by atoms with Crippen molar-refractivity contribution in [2.45, 2.75) is 46.1 Å². The van der Waals surface area contributed by atoms with Crippen molar-refractivity contribution in [3.8, 4) is 0 Å². The molecule has 1 aromatic rings. The first-order valence-corrected chi connectivity index (χ1v) is 9.35. The zero-order valence-corrected chi connectivity index (χ0v) is 15.5. The SMILES string of the molecule is Cc1ccsc1/C=C/C(=O)NNC(=S)N[C@H]1CCC[C@@H](C)[C@@H]1C. The molecule has 1 saturated carbocycles. The predicted octanol–water partition coefficient (Wildman–Crippen LogP) is 3.39. The highest BCUT2D eigenvalue weighted by Crippen LogP contribution is 2.29. The maximum atomic E-state index is 11.8. The van der Waals surface area contributed by atoms with Crippen LogP contribution in [0.3, 0.4) is 0 Å². The summed E-state index contributed by atoms with van der Waals surface area (Å²) in [5, 5.41) is 5.80. The van der Waals surface area contributed by atoms with Crippen LogP contribution in [0.1, 0.15) is 43.6 Å². The van der Waals surface area contributed by atoms with Crippen LogP contribution in [-0.2, 0) is 4.79 Å². The Morgan fingerprint density at radius 2 is 2.13 bits per heavy atom. The maximum absolute atomic E-state index is 11.8. The fourth-order valence-corrected chi connectivity index (χ4v) is 3.88. The number of hydrogen-bond acceptors (Lipinski definition) is 3. The Labute approximate surface area is 147 Å². The van der Waals surface area contributed by atoms with E-state index >= 15 is 0 Å². The summed E-state index contributed by atoms with van der Waals surface area (Å²) in [6.07, 6.45) is 6.96. The minimum atomic E-state index is -0.216. The molecule has 0 unspecified atom stereocenters. The van der Waals surface area contributed by atoms with Gasteiger partial charge in [0.05, 0.1) is 0 Å². The molecule has 0 spiro atoms. The number of rotatable bonds is 3. The Balaban J connectivity index is 1.74. The van der Waals surface area contributed by atoms with Gasteiger partial charge in [-0.3, -0.25) is 15.6 Å². The molecular weight excluding hydrogens is 326 g/mol. The standard InChI is InChI=1S/C17H25N3OS2/c1-11-5-4-6-14(13(11)3)18-17(22)20-19-16(21)8-7-15-12(2)9-10-23-15/h7-11,13-14H,4-6H2,1-3H3,(H,19,21)(H2,18,20,22)/b8-7+/t11-,13+,14+/m1/s1. The minimum Gasteiger partial charge on any atom is -0.358 e. The molecule has 1 fully saturated rings. The molecule has 0 aromatic carbocycles. The third-order valence-corrected chi connectivity index (χ3v) is 5.81. The first kappa shape index (κ1) is 17.9. The van der Waals surface area contributed by atoms with Gasteiger partial charge in [0.15, 0.2) is 5.11 Å². The molecule has 3 atom stereocenters. The van der Waals surface area contributed by atoms with Gasteiger partial charge in [-0.2, -0.15) is 0 Å². The highest BCUT2D eigenvalue weighted by Gasteiger charge is 2.27. The average Bonchev–Trinajstić information content (AvgIpc) is 2.93. The summed E-state index contributed by atoms with van der Waals surface area (Å²) in [5.74, 6) is 1.07. The molecule has 23 heavy (non-hydrogen) atoms. The number of nitrogens with one attached hydrogen (secondary N) is 3. The molecule has 1 aliphatic rings. The zero-order valence-electron chi connectivity index (χ0n) is 13.9. The highest BCUT2D eigenvalue weighted by atomic mass is 32.1. The van der Waals surface area contributed by atoms with Crippen LogP contribution < -0.4 is 16.2 Å². The van der Waals surface area contributed by atoms with Crippen molar-refractivity contribution < 1.29 is 4.79 Å². The third-order valence-electron chi connectivity index (χ3n) is 4.61. The predicted molar refractivity (Wildman–Crippen MR) is 101 cm³/mol. The first-order valence-electron chi connectivity index (χ1n) is 8.06. The van der Waals surface area contributed by atoms with Crippen molar-refractivity contribution in [1.82, 2.24) is 16.2 Å². The first-order chi connectivity index (χ1) is 11.0. The second-order valence-corrected chi connectivity index (χ2v) is 7.62. The van der Waals surface area contributed by atoms with Crippen LogP contribution in [0, 0.1) is 18.8 Å². The summed E-state index contributed by atoms with van der Waals surface area (Å²) in [4.78, 5) is 12.9. The summed E-state index contributed by atoms with van der Waals surface area (Å²) in [6.45, 7) is 6.57. The summed E-state index contributed by atoms with van der Waals surface area (Å²) >= 11 is 6.88. The van der Waals surface area contributed by atoms with E-state index < -0.39 is 0 Å². The van der Waals surface area contributed by atoms with E-state index in [0.717, 1.165) is 11.3 Å². The van der Waals surface area contributed by atoms with Crippen molar-refractivity contribution in [3.05, 3.63) is 28.0 Å². The van der Waals surface area contributed by atoms with Crippen molar-refractivity contribution in [2.75, 3.05) is 0 Å². The lowest BCUT2D eigenvalue weighted by Crippen LogP contribution is -2.52. The zero-order chi connectivity index (χ0) is 16.8. The van der Waals surface area contributed by atoms with Crippen LogP contribution in [-0.4, -0.2) is 17.1 Å². The van der Waals surface area contributed by atoms with Crippen molar-refractivity contribution >= 4 is 40.7 Å². The lowest BCUT2D eigenvalue weighted by Gasteiger charge is -2.35. The number of amides is 1. The topological polar surface area (TPSA) is 53.2 Å². The molecule has 1 aromatic heterocycles. The third kappa shape index (κ3) is 5.32. The van der Waals surface area contributed by atoms with Gasteiger partial charge >= 0.3 is 0 Å². The molecule has 0 bridgehead atoms.